The lowest BCUT2D eigenvalue weighted by molar-refractivity contribution is -0.112. The van der Waals surface area contributed by atoms with E-state index in [1.54, 1.807) is 38.2 Å². The number of pyridine rings is 1. The predicted molar refractivity (Wildman–Crippen MR) is 181 cm³/mol. The van der Waals surface area contributed by atoms with Gasteiger partial charge in [-0.05, 0) is 73.8 Å². The van der Waals surface area contributed by atoms with Gasteiger partial charge in [-0.2, -0.15) is 4.31 Å². The lowest BCUT2D eigenvalue weighted by Gasteiger charge is -2.36. The van der Waals surface area contributed by atoms with Crippen molar-refractivity contribution in [2.45, 2.75) is 76.6 Å². The van der Waals surface area contributed by atoms with E-state index in [4.69, 9.17) is 39.5 Å². The second-order valence-electron chi connectivity index (χ2n) is 12.5. The van der Waals surface area contributed by atoms with Crippen molar-refractivity contribution in [1.29, 1.82) is 0 Å². The van der Waals surface area contributed by atoms with Crippen molar-refractivity contribution in [3.05, 3.63) is 57.2 Å². The van der Waals surface area contributed by atoms with Crippen molar-refractivity contribution in [2.75, 3.05) is 31.4 Å². The highest BCUT2D eigenvalue weighted by atomic mass is 35.5. The molecule has 1 aliphatic heterocycles. The highest BCUT2D eigenvalue weighted by Gasteiger charge is 2.42. The van der Waals surface area contributed by atoms with Crippen LogP contribution in [-0.2, 0) is 30.3 Å². The van der Waals surface area contributed by atoms with Crippen LogP contribution in [-0.4, -0.2) is 65.5 Å². The Kier molecular flexibility index (Phi) is 10.3. The maximum atomic E-state index is 14.9. The zero-order chi connectivity index (χ0) is 34.3. The molecule has 0 bridgehead atoms. The third kappa shape index (κ3) is 6.77. The molecule has 5 rings (SSSR count). The number of hydrogen-bond acceptors (Lipinski definition) is 12. The summed E-state index contributed by atoms with van der Waals surface area (Å²) >= 11 is 7.56. The number of thiophene rings is 1. The molecular weight excluding hydrogens is 686 g/mol. The van der Waals surface area contributed by atoms with E-state index in [-0.39, 0.29) is 44.8 Å². The molecule has 4 heterocycles. The fraction of sp³-hybridized carbons (Fsp3) is 0.484. The van der Waals surface area contributed by atoms with Gasteiger partial charge in [0.25, 0.3) is 22.3 Å². The van der Waals surface area contributed by atoms with Crippen LogP contribution >= 0.6 is 22.9 Å². The zero-order valence-electron chi connectivity index (χ0n) is 27.6. The molecule has 1 aromatic carbocycles. The predicted octanol–water partition coefficient (Wildman–Crippen LogP) is 6.78. The summed E-state index contributed by atoms with van der Waals surface area (Å²) in [5.74, 6) is 0.688. The Morgan fingerprint density at radius 2 is 1.91 bits per heavy atom. The number of benzene rings is 1. The van der Waals surface area contributed by atoms with E-state index in [9.17, 15) is 13.5 Å². The highest BCUT2D eigenvalue weighted by Crippen LogP contribution is 2.46. The summed E-state index contributed by atoms with van der Waals surface area (Å²) in [6.07, 6.45) is -0.892. The SMILES string of the molecule is CCOC(OC)N(c1onc(C)c1Cl)S(=O)(=O)c1c(C(O)c2cc3c(cc2CCO[Si](C)(C)C(C)(C)C)OCO3)sc2ncccc12. The smallest absolute Gasteiger partial charge is 0.272 e. The molecule has 3 aromatic heterocycles. The first-order valence-corrected chi connectivity index (χ1v) is 20.6. The number of aryl methyl sites for hydroxylation is 1. The molecule has 47 heavy (non-hydrogen) atoms. The van der Waals surface area contributed by atoms with Crippen molar-refractivity contribution in [3.63, 3.8) is 0 Å². The first-order chi connectivity index (χ1) is 22.1. The Morgan fingerprint density at radius 1 is 1.21 bits per heavy atom. The molecule has 2 unspecified atom stereocenters. The van der Waals surface area contributed by atoms with Crippen LogP contribution in [0.15, 0.2) is 39.9 Å². The first kappa shape index (κ1) is 35.5. The Labute approximate surface area is 284 Å². The molecule has 1 N–H and O–H groups in total. The Bertz CT molecular complexity index is 1860. The normalized spacial score (nSPS) is 14.9. The summed E-state index contributed by atoms with van der Waals surface area (Å²) in [6, 6.07) is 6.76. The minimum absolute atomic E-state index is 0.00986. The fourth-order valence-electron chi connectivity index (χ4n) is 4.89. The van der Waals surface area contributed by atoms with Crippen molar-refractivity contribution in [3.8, 4) is 11.5 Å². The lowest BCUT2D eigenvalue weighted by Crippen LogP contribution is -2.43. The van der Waals surface area contributed by atoms with Gasteiger partial charge < -0.3 is 33.0 Å². The number of fused-ring (bicyclic) bond motifs is 2. The van der Waals surface area contributed by atoms with Crippen LogP contribution in [0.25, 0.3) is 10.2 Å². The topological polar surface area (TPSA) is 143 Å². The Hall–Kier alpha value is -2.76. The van der Waals surface area contributed by atoms with E-state index in [2.05, 4.69) is 44.0 Å². The molecule has 0 amide bonds. The molecule has 2 atom stereocenters. The van der Waals surface area contributed by atoms with Crippen molar-refractivity contribution in [2.24, 2.45) is 0 Å². The molecule has 0 saturated heterocycles. The van der Waals surface area contributed by atoms with Gasteiger partial charge in [-0.3, -0.25) is 0 Å². The van der Waals surface area contributed by atoms with Gasteiger partial charge >= 0.3 is 0 Å². The number of aliphatic hydroxyl groups excluding tert-OH is 1. The van der Waals surface area contributed by atoms with E-state index in [1.807, 2.05) is 6.07 Å². The van der Waals surface area contributed by atoms with E-state index >= 15 is 0 Å². The number of aromatic nitrogens is 2. The van der Waals surface area contributed by atoms with E-state index < -0.39 is 30.9 Å². The molecule has 0 aliphatic carbocycles. The second kappa shape index (κ2) is 13.6. The summed E-state index contributed by atoms with van der Waals surface area (Å²) in [6.45, 7) is 14.7. The molecule has 1 aliphatic rings. The highest BCUT2D eigenvalue weighted by molar-refractivity contribution is 7.93. The average molecular weight is 726 g/mol. The zero-order valence-corrected chi connectivity index (χ0v) is 31.0. The number of nitrogens with zero attached hydrogens (tertiary/aromatic N) is 3. The average Bonchev–Trinajstić information content (AvgIpc) is 3.73. The summed E-state index contributed by atoms with van der Waals surface area (Å²) in [5, 5.41) is 16.3. The van der Waals surface area contributed by atoms with Gasteiger partial charge in [-0.1, -0.05) is 37.5 Å². The van der Waals surface area contributed by atoms with E-state index in [0.717, 1.165) is 21.2 Å². The second-order valence-corrected chi connectivity index (χ2v) is 20.5. The minimum Gasteiger partial charge on any atom is -0.454 e. The summed E-state index contributed by atoms with van der Waals surface area (Å²) in [5.41, 5.74) is 1.45. The molecule has 0 spiro atoms. The number of aliphatic hydroxyl groups is 1. The van der Waals surface area contributed by atoms with Gasteiger partial charge in [0.1, 0.15) is 26.5 Å². The number of methoxy groups -OCH3 is 1. The monoisotopic (exact) mass is 725 g/mol. The molecule has 256 valence electrons. The van der Waals surface area contributed by atoms with Gasteiger partial charge in [0, 0.05) is 31.9 Å². The van der Waals surface area contributed by atoms with Crippen LogP contribution in [0.2, 0.25) is 23.2 Å². The van der Waals surface area contributed by atoms with Crippen LogP contribution in [0.4, 0.5) is 5.88 Å². The summed E-state index contributed by atoms with van der Waals surface area (Å²) < 4.78 is 64.9. The maximum Gasteiger partial charge on any atom is 0.272 e. The third-order valence-corrected chi connectivity index (χ3v) is 16.5. The molecular formula is C31H40ClN3O9S2Si. The maximum absolute atomic E-state index is 14.9. The van der Waals surface area contributed by atoms with Crippen LogP contribution < -0.4 is 13.8 Å². The van der Waals surface area contributed by atoms with Gasteiger partial charge in [0.15, 0.2) is 19.8 Å². The molecule has 0 fully saturated rings. The number of hydrogen-bond donors (Lipinski definition) is 1. The lowest BCUT2D eigenvalue weighted by atomic mass is 9.98. The molecule has 12 nitrogen and oxygen atoms in total. The van der Waals surface area contributed by atoms with Crippen molar-refractivity contribution < 1.29 is 41.4 Å². The van der Waals surface area contributed by atoms with Gasteiger partial charge in [-0.15, -0.1) is 11.3 Å². The Balaban J connectivity index is 1.66. The largest absolute Gasteiger partial charge is 0.454 e. The van der Waals surface area contributed by atoms with E-state index in [0.29, 0.717) is 40.3 Å². The van der Waals surface area contributed by atoms with Gasteiger partial charge in [0.2, 0.25) is 6.79 Å². The fourth-order valence-corrected chi connectivity index (χ4v) is 9.42. The van der Waals surface area contributed by atoms with Crippen LogP contribution in [0, 0.1) is 6.92 Å². The molecule has 0 radical (unpaired) electrons. The quantitative estimate of drug-likeness (QED) is 0.115. The van der Waals surface area contributed by atoms with E-state index in [1.165, 1.54) is 7.11 Å². The van der Waals surface area contributed by atoms with Crippen LogP contribution in [0.3, 0.4) is 0 Å². The van der Waals surface area contributed by atoms with Crippen LogP contribution in [0.5, 0.6) is 11.5 Å². The van der Waals surface area contributed by atoms with Crippen molar-refractivity contribution >= 4 is 57.4 Å². The van der Waals surface area contributed by atoms with Gasteiger partial charge in [-0.25, -0.2) is 13.4 Å². The number of anilines is 1. The third-order valence-electron chi connectivity index (χ3n) is 8.46. The molecule has 4 aromatic rings. The van der Waals surface area contributed by atoms with Crippen molar-refractivity contribution in [1.82, 2.24) is 10.1 Å². The standard InChI is InChI=1S/C31H40ClN3O9S2Si/c1-9-40-30(39-6)35(29-24(32)18(2)34-44-29)46(37,38)27-20-11-10-13-33-28(20)45-26(27)25(36)21-16-23-22(41-17-42-23)15-19(21)12-14-43-47(7,8)31(3,4)5/h10-11,13,15-16,25,30,36H,9,12,14,17H2,1-8H3. The van der Waals surface area contributed by atoms with Crippen LogP contribution in [0.1, 0.15) is 55.5 Å². The Morgan fingerprint density at radius 3 is 2.53 bits per heavy atom. The number of halogens is 1. The summed E-state index contributed by atoms with van der Waals surface area (Å²) in [7, 11) is -5.41. The number of sulfonamides is 1. The minimum atomic E-state index is -4.64. The number of ether oxygens (including phenoxy) is 4. The summed E-state index contributed by atoms with van der Waals surface area (Å²) in [4.78, 5) is 4.74. The van der Waals surface area contributed by atoms with Gasteiger partial charge in [0.05, 0.1) is 4.88 Å². The first-order valence-electron chi connectivity index (χ1n) is 15.0. The number of rotatable bonds is 13. The molecule has 0 saturated carbocycles. The molecule has 16 heteroatoms.